The molecule has 0 aromatic carbocycles. The lowest BCUT2D eigenvalue weighted by molar-refractivity contribution is 1.52. The summed E-state index contributed by atoms with van der Waals surface area (Å²) in [7, 11) is 0. The average molecular weight is 134 g/mol. The van der Waals surface area contributed by atoms with Gasteiger partial charge >= 0.3 is 0 Å². The maximum Gasteiger partial charge on any atom is -0.0398 e. The monoisotopic (exact) mass is 134 g/mol. The third-order valence-electron chi connectivity index (χ3n) is 1.04. The summed E-state index contributed by atoms with van der Waals surface area (Å²) >= 11 is 0. The van der Waals surface area contributed by atoms with Gasteiger partial charge in [-0.1, -0.05) is 48.6 Å². The van der Waals surface area contributed by atoms with Crippen LogP contribution in [0.25, 0.3) is 0 Å². The summed E-state index contributed by atoms with van der Waals surface area (Å²) in [6.45, 7) is 7.64. The molecule has 0 unspecified atom stereocenters. The first kappa shape index (κ1) is 8.96. The molecule has 10 heavy (non-hydrogen) atoms. The van der Waals surface area contributed by atoms with Gasteiger partial charge in [0.2, 0.25) is 0 Å². The van der Waals surface area contributed by atoms with Gasteiger partial charge in [0.15, 0.2) is 0 Å². The topological polar surface area (TPSA) is 0 Å². The van der Waals surface area contributed by atoms with Crippen molar-refractivity contribution in [1.29, 1.82) is 0 Å². The minimum Gasteiger partial charge on any atom is -0.0991 e. The van der Waals surface area contributed by atoms with Crippen molar-refractivity contribution in [3.63, 3.8) is 0 Å². The molecule has 0 heteroatoms. The van der Waals surface area contributed by atoms with Crippen LogP contribution < -0.4 is 0 Å². The van der Waals surface area contributed by atoms with Gasteiger partial charge in [0.1, 0.15) is 0 Å². The molecule has 0 heterocycles. The van der Waals surface area contributed by atoms with Crippen LogP contribution in [0.3, 0.4) is 0 Å². The van der Waals surface area contributed by atoms with E-state index in [1.54, 1.807) is 6.08 Å². The fourth-order valence-corrected chi connectivity index (χ4v) is 0.560. The van der Waals surface area contributed by atoms with Crippen LogP contribution in [0.2, 0.25) is 0 Å². The summed E-state index contributed by atoms with van der Waals surface area (Å²) in [4.78, 5) is 0. The fraction of sp³-hybridized carbons (Fsp3) is 0.200. The van der Waals surface area contributed by atoms with Gasteiger partial charge in [0, 0.05) is 0 Å². The molecule has 0 spiro atoms. The molecule has 0 rings (SSSR count). The predicted molar refractivity (Wildman–Crippen MR) is 47.9 cm³/mol. The highest BCUT2D eigenvalue weighted by Crippen LogP contribution is 1.94. The van der Waals surface area contributed by atoms with Crippen LogP contribution in [-0.2, 0) is 0 Å². The molecule has 0 aromatic rings. The van der Waals surface area contributed by atoms with Gasteiger partial charge in [-0.2, -0.15) is 0 Å². The summed E-state index contributed by atoms with van der Waals surface area (Å²) in [6, 6.07) is 0. The van der Waals surface area contributed by atoms with Gasteiger partial charge in [-0.15, -0.1) is 0 Å². The van der Waals surface area contributed by atoms with Crippen molar-refractivity contribution in [2.75, 3.05) is 0 Å². The first-order chi connectivity index (χ1) is 4.81. The molecule has 0 saturated carbocycles. The molecule has 0 aliphatic rings. The largest absolute Gasteiger partial charge is 0.0991 e. The molecule has 0 saturated heterocycles. The second-order valence-corrected chi connectivity index (χ2v) is 2.03. The van der Waals surface area contributed by atoms with E-state index in [0.717, 1.165) is 0 Å². The third-order valence-corrected chi connectivity index (χ3v) is 1.04. The highest BCUT2D eigenvalue weighted by molar-refractivity contribution is 5.23. The SMILES string of the molecule is C=C/C=C(C)/C=C/C=C\C. The molecule has 0 N–H and O–H groups in total. The van der Waals surface area contributed by atoms with Gasteiger partial charge in [-0.05, 0) is 13.8 Å². The molecule has 0 aromatic heterocycles. The Kier molecular flexibility index (Phi) is 5.45. The number of rotatable bonds is 3. The van der Waals surface area contributed by atoms with Crippen molar-refractivity contribution in [1.82, 2.24) is 0 Å². The molecule has 0 aliphatic heterocycles. The number of hydrogen-bond donors (Lipinski definition) is 0. The average Bonchev–Trinajstić information content (AvgIpc) is 1.89. The first-order valence-corrected chi connectivity index (χ1v) is 3.40. The van der Waals surface area contributed by atoms with Crippen LogP contribution >= 0.6 is 0 Å². The minimum absolute atomic E-state index is 1.22. The Morgan fingerprint density at radius 3 is 2.50 bits per heavy atom. The molecular weight excluding hydrogens is 120 g/mol. The Labute approximate surface area is 63.3 Å². The number of allylic oxidation sites excluding steroid dienone is 7. The van der Waals surface area contributed by atoms with Crippen molar-refractivity contribution in [3.8, 4) is 0 Å². The van der Waals surface area contributed by atoms with Crippen molar-refractivity contribution in [3.05, 3.63) is 48.6 Å². The molecule has 0 amide bonds. The van der Waals surface area contributed by atoms with E-state index in [4.69, 9.17) is 0 Å². The smallest absolute Gasteiger partial charge is 0.0398 e. The van der Waals surface area contributed by atoms with Gasteiger partial charge < -0.3 is 0 Å². The summed E-state index contributed by atoms with van der Waals surface area (Å²) in [5.41, 5.74) is 1.22. The van der Waals surface area contributed by atoms with Gasteiger partial charge in [-0.3, -0.25) is 0 Å². The Morgan fingerprint density at radius 2 is 2.00 bits per heavy atom. The second kappa shape index (κ2) is 6.09. The normalized spacial score (nSPS) is 13.2. The molecule has 0 atom stereocenters. The first-order valence-electron chi connectivity index (χ1n) is 3.40. The lowest BCUT2D eigenvalue weighted by Crippen LogP contribution is -1.62. The van der Waals surface area contributed by atoms with Crippen molar-refractivity contribution < 1.29 is 0 Å². The Hall–Kier alpha value is -1.04. The van der Waals surface area contributed by atoms with Crippen LogP contribution in [0.4, 0.5) is 0 Å². The zero-order valence-electron chi connectivity index (χ0n) is 6.67. The van der Waals surface area contributed by atoms with Gasteiger partial charge in [0.05, 0.1) is 0 Å². The highest BCUT2D eigenvalue weighted by atomic mass is 13.8. The zero-order chi connectivity index (χ0) is 7.82. The molecule has 0 fully saturated rings. The predicted octanol–water partition coefficient (Wildman–Crippen LogP) is 3.25. The van der Waals surface area contributed by atoms with E-state index in [1.165, 1.54) is 5.57 Å². The summed E-state index contributed by atoms with van der Waals surface area (Å²) < 4.78 is 0. The Bertz CT molecular complexity index is 168. The van der Waals surface area contributed by atoms with Crippen molar-refractivity contribution >= 4 is 0 Å². The summed E-state index contributed by atoms with van der Waals surface area (Å²) in [6.07, 6.45) is 11.8. The lowest BCUT2D eigenvalue weighted by atomic mass is 10.2. The van der Waals surface area contributed by atoms with Gasteiger partial charge in [0.25, 0.3) is 0 Å². The van der Waals surface area contributed by atoms with Crippen LogP contribution in [-0.4, -0.2) is 0 Å². The van der Waals surface area contributed by atoms with E-state index in [0.29, 0.717) is 0 Å². The Balaban J connectivity index is 3.88. The summed E-state index contributed by atoms with van der Waals surface area (Å²) in [5, 5.41) is 0. The minimum atomic E-state index is 1.22. The quantitative estimate of drug-likeness (QED) is 0.520. The third kappa shape index (κ3) is 5.10. The van der Waals surface area contributed by atoms with E-state index in [2.05, 4.69) is 6.58 Å². The molecule has 0 aliphatic carbocycles. The van der Waals surface area contributed by atoms with E-state index >= 15 is 0 Å². The molecule has 0 nitrogen and oxygen atoms in total. The van der Waals surface area contributed by atoms with Crippen LogP contribution in [0.1, 0.15) is 13.8 Å². The molecule has 0 radical (unpaired) electrons. The molecular formula is C10H14. The maximum absolute atomic E-state index is 3.60. The van der Waals surface area contributed by atoms with Crippen molar-refractivity contribution in [2.45, 2.75) is 13.8 Å². The van der Waals surface area contributed by atoms with E-state index < -0.39 is 0 Å². The molecule has 0 bridgehead atoms. The standard InChI is InChI=1S/C10H14/c1-4-6-7-9-10(3)8-5-2/h4-9H,2H2,1,3H3/b6-4-,9-7+,10-8+. The second-order valence-electron chi connectivity index (χ2n) is 2.03. The fourth-order valence-electron chi connectivity index (χ4n) is 0.560. The van der Waals surface area contributed by atoms with E-state index in [1.807, 2.05) is 44.2 Å². The van der Waals surface area contributed by atoms with Crippen molar-refractivity contribution in [2.24, 2.45) is 0 Å². The van der Waals surface area contributed by atoms with E-state index in [9.17, 15) is 0 Å². The van der Waals surface area contributed by atoms with Crippen LogP contribution in [0.15, 0.2) is 48.6 Å². The highest BCUT2D eigenvalue weighted by Gasteiger charge is 1.73. The zero-order valence-corrected chi connectivity index (χ0v) is 6.67. The van der Waals surface area contributed by atoms with E-state index in [-0.39, 0.29) is 0 Å². The van der Waals surface area contributed by atoms with Crippen LogP contribution in [0, 0.1) is 0 Å². The van der Waals surface area contributed by atoms with Gasteiger partial charge in [-0.25, -0.2) is 0 Å². The lowest BCUT2D eigenvalue weighted by Gasteiger charge is -1.83. The number of hydrogen-bond acceptors (Lipinski definition) is 0. The maximum atomic E-state index is 3.60. The van der Waals surface area contributed by atoms with Crippen LogP contribution in [0.5, 0.6) is 0 Å². The molecule has 54 valence electrons. The Morgan fingerprint density at radius 1 is 1.30 bits per heavy atom. The summed E-state index contributed by atoms with van der Waals surface area (Å²) in [5.74, 6) is 0.